The maximum absolute atomic E-state index is 12.0. The van der Waals surface area contributed by atoms with Gasteiger partial charge in [-0.2, -0.15) is 0 Å². The molecule has 1 aromatic heterocycles. The van der Waals surface area contributed by atoms with Crippen LogP contribution in [-0.2, 0) is 10.0 Å². The molecule has 102 valence electrons. The number of rotatable bonds is 5. The minimum Gasteiger partial charge on any atom is -0.328 e. The molecule has 0 aliphatic rings. The monoisotopic (exact) mass is 273 g/mol. The van der Waals surface area contributed by atoms with Gasteiger partial charge in [0.05, 0.1) is 4.90 Å². The lowest BCUT2D eigenvalue weighted by atomic mass is 10.1. The van der Waals surface area contributed by atoms with Crippen molar-refractivity contribution in [2.45, 2.75) is 24.3 Å². The van der Waals surface area contributed by atoms with Gasteiger partial charge in [0, 0.05) is 24.3 Å². The molecule has 0 aliphatic heterocycles. The Morgan fingerprint density at radius 1 is 1.33 bits per heavy atom. The predicted octanol–water partition coefficient (Wildman–Crippen LogP) is -0.00660. The van der Waals surface area contributed by atoms with Gasteiger partial charge in [-0.1, -0.05) is 0 Å². The first-order valence-electron chi connectivity index (χ1n) is 5.51. The molecule has 2 N–H and O–H groups in total. The fraction of sp³-hybridized carbons (Fsp3) is 0.545. The molecule has 0 saturated carbocycles. The lowest BCUT2D eigenvalue weighted by molar-refractivity contribution is 0.199. The first kappa shape index (κ1) is 14.9. The van der Waals surface area contributed by atoms with Gasteiger partial charge in [-0.05, 0) is 34.0 Å². The van der Waals surface area contributed by atoms with E-state index in [2.05, 4.69) is 9.71 Å². The van der Waals surface area contributed by atoms with Crippen molar-refractivity contribution in [1.82, 2.24) is 14.6 Å². The third-order valence-corrected chi connectivity index (χ3v) is 4.37. The van der Waals surface area contributed by atoms with E-state index in [9.17, 15) is 13.2 Å². The Kier molecular flexibility index (Phi) is 4.31. The number of likely N-dealkylation sites (N-methyl/N-ethyl adjacent to an activating group) is 1. The summed E-state index contributed by atoms with van der Waals surface area (Å²) in [5, 5.41) is 0. The topological polar surface area (TPSA) is 82.3 Å². The van der Waals surface area contributed by atoms with Crippen LogP contribution in [0, 0.1) is 0 Å². The number of nitrogens with one attached hydrogen (secondary N) is 2. The molecule has 0 aliphatic carbocycles. The van der Waals surface area contributed by atoms with Crippen molar-refractivity contribution < 1.29 is 8.42 Å². The van der Waals surface area contributed by atoms with Crippen LogP contribution < -0.4 is 10.3 Å². The highest BCUT2D eigenvalue weighted by Gasteiger charge is 2.24. The Morgan fingerprint density at radius 2 is 1.94 bits per heavy atom. The summed E-state index contributed by atoms with van der Waals surface area (Å²) >= 11 is 0. The van der Waals surface area contributed by atoms with E-state index < -0.39 is 10.0 Å². The van der Waals surface area contributed by atoms with Crippen molar-refractivity contribution in [2.24, 2.45) is 0 Å². The minimum absolute atomic E-state index is 0.0525. The van der Waals surface area contributed by atoms with Crippen molar-refractivity contribution in [3.05, 3.63) is 28.7 Å². The fourth-order valence-corrected chi connectivity index (χ4v) is 2.25. The number of hydrogen-bond acceptors (Lipinski definition) is 4. The van der Waals surface area contributed by atoms with Crippen molar-refractivity contribution in [2.75, 3.05) is 20.6 Å². The maximum Gasteiger partial charge on any atom is 0.247 e. The molecule has 6 nitrogen and oxygen atoms in total. The summed E-state index contributed by atoms with van der Waals surface area (Å²) < 4.78 is 26.4. The Labute approximate surface area is 107 Å². The van der Waals surface area contributed by atoms with Gasteiger partial charge in [-0.3, -0.25) is 4.79 Å². The molecule has 1 heterocycles. The number of pyridine rings is 1. The first-order chi connectivity index (χ1) is 8.15. The lowest BCUT2D eigenvalue weighted by Crippen LogP contribution is -2.48. The second-order valence-corrected chi connectivity index (χ2v) is 6.69. The Balaban J connectivity index is 2.84. The van der Waals surface area contributed by atoms with Crippen molar-refractivity contribution in [1.29, 1.82) is 0 Å². The molecule has 0 atom stereocenters. The number of H-pyrrole nitrogens is 1. The van der Waals surface area contributed by atoms with Crippen LogP contribution in [0.5, 0.6) is 0 Å². The molecule has 7 heteroatoms. The number of sulfonamides is 1. The van der Waals surface area contributed by atoms with Gasteiger partial charge >= 0.3 is 0 Å². The molecule has 18 heavy (non-hydrogen) atoms. The van der Waals surface area contributed by atoms with Gasteiger partial charge in [0.2, 0.25) is 15.6 Å². The molecule has 0 bridgehead atoms. The third-order valence-electron chi connectivity index (χ3n) is 2.97. The standard InChI is InChI=1S/C11H19N3O3S/c1-11(2,14(3)4)8-13-18(16,17)9-5-6-10(15)12-7-9/h5-7,13H,8H2,1-4H3,(H,12,15). The van der Waals surface area contributed by atoms with Gasteiger partial charge < -0.3 is 9.88 Å². The van der Waals surface area contributed by atoms with Crippen molar-refractivity contribution in [3.8, 4) is 0 Å². The number of nitrogens with zero attached hydrogens (tertiary/aromatic N) is 1. The molecule has 0 spiro atoms. The van der Waals surface area contributed by atoms with E-state index >= 15 is 0 Å². The quantitative estimate of drug-likeness (QED) is 0.791. The summed E-state index contributed by atoms with van der Waals surface area (Å²) in [7, 11) is 0.176. The molecule has 1 rings (SSSR count). The van der Waals surface area contributed by atoms with Gasteiger partial charge in [0.1, 0.15) is 0 Å². The third kappa shape index (κ3) is 3.66. The zero-order chi connectivity index (χ0) is 14.0. The molecule has 0 amide bonds. The van der Waals surface area contributed by atoms with E-state index in [1.807, 2.05) is 32.8 Å². The van der Waals surface area contributed by atoms with Gasteiger partial charge in [0.15, 0.2) is 0 Å². The van der Waals surface area contributed by atoms with Crippen LogP contribution >= 0.6 is 0 Å². The van der Waals surface area contributed by atoms with Gasteiger partial charge in [-0.15, -0.1) is 0 Å². The second-order valence-electron chi connectivity index (χ2n) is 4.92. The Hall–Kier alpha value is -1.18. The number of aromatic amines is 1. The minimum atomic E-state index is -3.59. The molecule has 0 fully saturated rings. The fourth-order valence-electron chi connectivity index (χ4n) is 1.08. The number of aromatic nitrogens is 1. The summed E-state index contributed by atoms with van der Waals surface area (Å²) in [6.45, 7) is 4.15. The highest BCUT2D eigenvalue weighted by molar-refractivity contribution is 7.89. The Morgan fingerprint density at radius 3 is 2.39 bits per heavy atom. The highest BCUT2D eigenvalue weighted by atomic mass is 32.2. The largest absolute Gasteiger partial charge is 0.328 e. The Bertz CT molecular complexity index is 541. The molecular weight excluding hydrogens is 254 g/mol. The highest BCUT2D eigenvalue weighted by Crippen LogP contribution is 2.11. The van der Waals surface area contributed by atoms with Gasteiger partial charge in [-0.25, -0.2) is 13.1 Å². The summed E-state index contributed by atoms with van der Waals surface area (Å²) in [6.07, 6.45) is 1.19. The van der Waals surface area contributed by atoms with E-state index in [-0.39, 0.29) is 22.5 Å². The van der Waals surface area contributed by atoms with E-state index in [0.717, 1.165) is 0 Å². The molecule has 0 radical (unpaired) electrons. The van der Waals surface area contributed by atoms with Crippen LogP contribution in [0.2, 0.25) is 0 Å². The maximum atomic E-state index is 12.0. The average Bonchev–Trinajstić information content (AvgIpc) is 2.27. The van der Waals surface area contributed by atoms with Crippen molar-refractivity contribution >= 4 is 10.0 Å². The van der Waals surface area contributed by atoms with E-state index in [1.54, 1.807) is 0 Å². The average molecular weight is 273 g/mol. The number of hydrogen-bond donors (Lipinski definition) is 2. The molecule has 1 aromatic rings. The predicted molar refractivity (Wildman–Crippen MR) is 70.0 cm³/mol. The molecule has 0 unspecified atom stereocenters. The van der Waals surface area contributed by atoms with Crippen LogP contribution in [0.3, 0.4) is 0 Å². The summed E-state index contributed by atoms with van der Waals surface area (Å²) in [6, 6.07) is 2.47. The van der Waals surface area contributed by atoms with Crippen molar-refractivity contribution in [3.63, 3.8) is 0 Å². The zero-order valence-electron chi connectivity index (χ0n) is 11.0. The van der Waals surface area contributed by atoms with E-state index in [0.29, 0.717) is 0 Å². The van der Waals surface area contributed by atoms with Crippen LogP contribution in [0.4, 0.5) is 0 Å². The molecular formula is C11H19N3O3S. The zero-order valence-corrected chi connectivity index (χ0v) is 11.8. The van der Waals surface area contributed by atoms with E-state index in [4.69, 9.17) is 0 Å². The normalized spacial score (nSPS) is 12.9. The molecule has 0 aromatic carbocycles. The molecule has 0 saturated heterocycles. The van der Waals surface area contributed by atoms with Crippen LogP contribution in [0.25, 0.3) is 0 Å². The second kappa shape index (κ2) is 5.21. The van der Waals surface area contributed by atoms with Crippen LogP contribution in [-0.4, -0.2) is 44.5 Å². The SMILES string of the molecule is CN(C)C(C)(C)CNS(=O)(=O)c1ccc(=O)[nH]c1. The van der Waals surface area contributed by atoms with Crippen LogP contribution in [0.1, 0.15) is 13.8 Å². The summed E-state index contributed by atoms with van der Waals surface area (Å²) in [5.74, 6) is 0. The van der Waals surface area contributed by atoms with Crippen LogP contribution in [0.15, 0.2) is 28.0 Å². The van der Waals surface area contributed by atoms with E-state index in [1.165, 1.54) is 18.3 Å². The lowest BCUT2D eigenvalue weighted by Gasteiger charge is -2.32. The summed E-state index contributed by atoms with van der Waals surface area (Å²) in [4.78, 5) is 15.2. The smallest absolute Gasteiger partial charge is 0.247 e. The van der Waals surface area contributed by atoms with Gasteiger partial charge in [0.25, 0.3) is 0 Å². The summed E-state index contributed by atoms with van der Waals surface area (Å²) in [5.41, 5.74) is -0.627. The first-order valence-corrected chi connectivity index (χ1v) is 6.99.